The predicted octanol–water partition coefficient (Wildman–Crippen LogP) is 2.50. The van der Waals surface area contributed by atoms with Crippen molar-refractivity contribution >= 4 is 0 Å². The summed E-state index contributed by atoms with van der Waals surface area (Å²) in [5.41, 5.74) is 1.71. The maximum Gasteiger partial charge on any atom is 0.174 e. The number of hydrogen-bond acceptors (Lipinski definition) is 4. The van der Waals surface area contributed by atoms with Gasteiger partial charge in [0.2, 0.25) is 0 Å². The molecule has 4 nitrogen and oxygen atoms in total. The van der Waals surface area contributed by atoms with Crippen LogP contribution in [0.4, 0.5) is 0 Å². The van der Waals surface area contributed by atoms with Crippen molar-refractivity contribution in [3.05, 3.63) is 29.8 Å². The molecule has 0 spiro atoms. The highest BCUT2D eigenvalue weighted by atomic mass is 16.5. The van der Waals surface area contributed by atoms with E-state index in [0.29, 0.717) is 5.41 Å². The van der Waals surface area contributed by atoms with Crippen LogP contribution in [0.25, 0.3) is 0 Å². The van der Waals surface area contributed by atoms with Gasteiger partial charge in [0.25, 0.3) is 0 Å². The van der Waals surface area contributed by atoms with Gasteiger partial charge in [-0.25, -0.2) is 0 Å². The molecule has 1 fully saturated rings. The first-order valence-corrected chi connectivity index (χ1v) is 7.06. The third-order valence-corrected chi connectivity index (χ3v) is 3.85. The lowest BCUT2D eigenvalue weighted by Crippen LogP contribution is -2.24. The van der Waals surface area contributed by atoms with Crippen molar-refractivity contribution in [3.63, 3.8) is 0 Å². The van der Waals surface area contributed by atoms with Crippen LogP contribution >= 0.6 is 0 Å². The van der Waals surface area contributed by atoms with Crippen LogP contribution in [0.2, 0.25) is 0 Å². The molecule has 1 aromatic carbocycles. The number of nitriles is 1. The second-order valence-electron chi connectivity index (χ2n) is 5.44. The van der Waals surface area contributed by atoms with E-state index in [1.807, 2.05) is 30.3 Å². The summed E-state index contributed by atoms with van der Waals surface area (Å²) in [7, 11) is 1.76. The standard InChI is InChI=1S/C16H22N2O2/c1-19-10-8-16(6-7-16)13-18-12-14-2-4-15(5-3-14)20-11-9-17/h2-5,18H,6-8,10-13H2,1H3. The van der Waals surface area contributed by atoms with E-state index in [2.05, 4.69) is 5.32 Å². The van der Waals surface area contributed by atoms with Crippen LogP contribution in [0.3, 0.4) is 0 Å². The van der Waals surface area contributed by atoms with E-state index in [9.17, 15) is 0 Å². The zero-order valence-electron chi connectivity index (χ0n) is 12.0. The molecular formula is C16H22N2O2. The van der Waals surface area contributed by atoms with E-state index in [0.717, 1.165) is 31.9 Å². The van der Waals surface area contributed by atoms with Gasteiger partial charge in [-0.1, -0.05) is 12.1 Å². The van der Waals surface area contributed by atoms with Gasteiger partial charge in [0.1, 0.15) is 11.8 Å². The Hall–Kier alpha value is -1.57. The molecule has 1 saturated carbocycles. The normalized spacial score (nSPS) is 15.6. The molecular weight excluding hydrogens is 252 g/mol. The topological polar surface area (TPSA) is 54.3 Å². The fourth-order valence-corrected chi connectivity index (χ4v) is 2.30. The summed E-state index contributed by atoms with van der Waals surface area (Å²) >= 11 is 0. The number of nitrogens with zero attached hydrogens (tertiary/aromatic N) is 1. The van der Waals surface area contributed by atoms with Crippen molar-refractivity contribution in [2.75, 3.05) is 26.9 Å². The summed E-state index contributed by atoms with van der Waals surface area (Å²) in [4.78, 5) is 0. The maximum absolute atomic E-state index is 8.45. The van der Waals surface area contributed by atoms with Gasteiger partial charge in [-0.15, -0.1) is 0 Å². The van der Waals surface area contributed by atoms with Gasteiger partial charge in [0.05, 0.1) is 0 Å². The van der Waals surface area contributed by atoms with Crippen molar-refractivity contribution in [2.24, 2.45) is 5.41 Å². The molecule has 0 aromatic heterocycles. The van der Waals surface area contributed by atoms with Gasteiger partial charge in [0.15, 0.2) is 6.61 Å². The molecule has 0 radical (unpaired) electrons. The number of methoxy groups -OCH3 is 1. The minimum Gasteiger partial charge on any atom is -0.479 e. The average Bonchev–Trinajstić information content (AvgIpc) is 3.25. The van der Waals surface area contributed by atoms with Crippen molar-refractivity contribution in [1.29, 1.82) is 5.26 Å². The lowest BCUT2D eigenvalue weighted by Gasteiger charge is -2.15. The zero-order chi connectivity index (χ0) is 14.3. The van der Waals surface area contributed by atoms with Crippen molar-refractivity contribution < 1.29 is 9.47 Å². The Bertz CT molecular complexity index is 447. The summed E-state index contributed by atoms with van der Waals surface area (Å²) in [5.74, 6) is 0.744. The summed E-state index contributed by atoms with van der Waals surface area (Å²) in [6.07, 6.45) is 3.77. The Balaban J connectivity index is 1.70. The number of nitrogens with one attached hydrogen (secondary N) is 1. The second-order valence-corrected chi connectivity index (χ2v) is 5.44. The summed E-state index contributed by atoms with van der Waals surface area (Å²) in [5, 5.41) is 12.0. The first kappa shape index (κ1) is 14.8. The molecule has 1 aromatic rings. The monoisotopic (exact) mass is 274 g/mol. The van der Waals surface area contributed by atoms with E-state index in [4.69, 9.17) is 14.7 Å². The molecule has 1 N–H and O–H groups in total. The van der Waals surface area contributed by atoms with Crippen molar-refractivity contribution in [3.8, 4) is 11.8 Å². The third-order valence-electron chi connectivity index (χ3n) is 3.85. The van der Waals surface area contributed by atoms with Crippen LogP contribution in [0.1, 0.15) is 24.8 Å². The molecule has 4 heteroatoms. The zero-order valence-corrected chi connectivity index (χ0v) is 12.0. The first-order valence-electron chi connectivity index (χ1n) is 7.06. The summed E-state index contributed by atoms with van der Waals surface area (Å²) in [6.45, 7) is 2.88. The Morgan fingerprint density at radius 1 is 1.30 bits per heavy atom. The molecule has 0 amide bonds. The van der Waals surface area contributed by atoms with Crippen LogP contribution in [-0.2, 0) is 11.3 Å². The van der Waals surface area contributed by atoms with E-state index in [1.54, 1.807) is 7.11 Å². The fourth-order valence-electron chi connectivity index (χ4n) is 2.30. The predicted molar refractivity (Wildman–Crippen MR) is 77.4 cm³/mol. The second kappa shape index (κ2) is 7.28. The van der Waals surface area contributed by atoms with Crippen LogP contribution in [-0.4, -0.2) is 26.9 Å². The van der Waals surface area contributed by atoms with Crippen molar-refractivity contribution in [2.45, 2.75) is 25.8 Å². The van der Waals surface area contributed by atoms with Gasteiger partial charge in [-0.3, -0.25) is 0 Å². The molecule has 0 aliphatic heterocycles. The molecule has 1 aliphatic rings. The highest BCUT2D eigenvalue weighted by molar-refractivity contribution is 5.27. The van der Waals surface area contributed by atoms with Gasteiger partial charge < -0.3 is 14.8 Å². The van der Waals surface area contributed by atoms with Crippen LogP contribution < -0.4 is 10.1 Å². The molecule has 0 saturated heterocycles. The highest BCUT2D eigenvalue weighted by Crippen LogP contribution is 2.48. The van der Waals surface area contributed by atoms with Crippen LogP contribution in [0, 0.1) is 16.7 Å². The Morgan fingerprint density at radius 3 is 2.65 bits per heavy atom. The Kier molecular flexibility index (Phi) is 5.40. The summed E-state index contributed by atoms with van der Waals surface area (Å²) in [6, 6.07) is 9.85. The number of hydrogen-bond donors (Lipinski definition) is 1. The first-order chi connectivity index (χ1) is 9.78. The SMILES string of the molecule is COCCC1(CNCc2ccc(OCC#N)cc2)CC1. The quantitative estimate of drug-likeness (QED) is 0.751. The van der Waals surface area contributed by atoms with E-state index in [-0.39, 0.29) is 6.61 Å². The summed E-state index contributed by atoms with van der Waals surface area (Å²) < 4.78 is 10.4. The average molecular weight is 274 g/mol. The lowest BCUT2D eigenvalue weighted by atomic mass is 10.0. The van der Waals surface area contributed by atoms with Gasteiger partial charge in [-0.2, -0.15) is 5.26 Å². The van der Waals surface area contributed by atoms with E-state index >= 15 is 0 Å². The minimum atomic E-state index is 0.0968. The molecule has 108 valence electrons. The smallest absolute Gasteiger partial charge is 0.174 e. The minimum absolute atomic E-state index is 0.0968. The lowest BCUT2D eigenvalue weighted by molar-refractivity contribution is 0.171. The van der Waals surface area contributed by atoms with Crippen LogP contribution in [0.15, 0.2) is 24.3 Å². The highest BCUT2D eigenvalue weighted by Gasteiger charge is 2.41. The number of ether oxygens (including phenoxy) is 2. The fraction of sp³-hybridized carbons (Fsp3) is 0.562. The van der Waals surface area contributed by atoms with Crippen molar-refractivity contribution in [1.82, 2.24) is 5.32 Å². The maximum atomic E-state index is 8.45. The van der Waals surface area contributed by atoms with Gasteiger partial charge in [-0.05, 0) is 42.4 Å². The van der Waals surface area contributed by atoms with E-state index < -0.39 is 0 Å². The number of rotatable bonds is 9. The van der Waals surface area contributed by atoms with E-state index in [1.165, 1.54) is 18.4 Å². The molecule has 0 bridgehead atoms. The Morgan fingerprint density at radius 2 is 2.05 bits per heavy atom. The molecule has 20 heavy (non-hydrogen) atoms. The largest absolute Gasteiger partial charge is 0.479 e. The molecule has 0 unspecified atom stereocenters. The molecule has 0 heterocycles. The van der Waals surface area contributed by atoms with Crippen LogP contribution in [0.5, 0.6) is 5.75 Å². The molecule has 2 rings (SSSR count). The third kappa shape index (κ3) is 4.52. The Labute approximate surface area is 120 Å². The molecule has 1 aliphatic carbocycles. The number of benzene rings is 1. The van der Waals surface area contributed by atoms with Gasteiger partial charge in [0, 0.05) is 26.8 Å². The molecule has 0 atom stereocenters. The van der Waals surface area contributed by atoms with Gasteiger partial charge >= 0.3 is 0 Å².